The molecule has 0 N–H and O–H groups in total. The SMILES string of the molecule is Cc1cccc(N(c2ccccc2)c2ccc(N(C)c3ccc(N(c4ccccc4)c4cccc(C)c4)cc3)cc2)c1. The Kier molecular flexibility index (Phi) is 7.74. The zero-order chi connectivity index (χ0) is 28.9. The van der Waals surface area contributed by atoms with Crippen molar-refractivity contribution in [1.29, 1.82) is 0 Å². The Morgan fingerprint density at radius 3 is 0.976 bits per heavy atom. The Morgan fingerprint density at radius 1 is 0.310 bits per heavy atom. The molecule has 3 heteroatoms. The van der Waals surface area contributed by atoms with Crippen LogP contribution in [0.5, 0.6) is 0 Å². The lowest BCUT2D eigenvalue weighted by atomic mass is 10.1. The molecule has 0 aliphatic carbocycles. The van der Waals surface area contributed by atoms with Gasteiger partial charge in [-0.25, -0.2) is 0 Å². The normalized spacial score (nSPS) is 10.7. The van der Waals surface area contributed by atoms with E-state index in [0.717, 1.165) is 45.5 Å². The summed E-state index contributed by atoms with van der Waals surface area (Å²) in [6.07, 6.45) is 0. The molecular weight excluding hydrogens is 510 g/mol. The van der Waals surface area contributed by atoms with E-state index in [2.05, 4.69) is 193 Å². The quantitative estimate of drug-likeness (QED) is 0.188. The van der Waals surface area contributed by atoms with Crippen molar-refractivity contribution < 1.29 is 0 Å². The zero-order valence-corrected chi connectivity index (χ0v) is 24.4. The fraction of sp³-hybridized carbons (Fsp3) is 0.0769. The number of hydrogen-bond donors (Lipinski definition) is 0. The smallest absolute Gasteiger partial charge is 0.0464 e. The van der Waals surface area contributed by atoms with Crippen molar-refractivity contribution in [2.75, 3.05) is 21.7 Å². The van der Waals surface area contributed by atoms with Crippen molar-refractivity contribution in [2.45, 2.75) is 13.8 Å². The van der Waals surface area contributed by atoms with E-state index in [-0.39, 0.29) is 0 Å². The van der Waals surface area contributed by atoms with Crippen molar-refractivity contribution in [1.82, 2.24) is 0 Å². The number of para-hydroxylation sites is 2. The van der Waals surface area contributed by atoms with Gasteiger partial charge in [0.05, 0.1) is 0 Å². The first kappa shape index (κ1) is 26.9. The molecule has 3 nitrogen and oxygen atoms in total. The maximum Gasteiger partial charge on any atom is 0.0464 e. The molecule has 6 rings (SSSR count). The molecule has 0 saturated carbocycles. The van der Waals surface area contributed by atoms with Gasteiger partial charge in [0.2, 0.25) is 0 Å². The van der Waals surface area contributed by atoms with Crippen molar-refractivity contribution in [2.24, 2.45) is 0 Å². The number of hydrogen-bond acceptors (Lipinski definition) is 3. The summed E-state index contributed by atoms with van der Waals surface area (Å²) in [4.78, 5) is 6.83. The fourth-order valence-corrected chi connectivity index (χ4v) is 5.38. The number of benzene rings is 6. The molecule has 0 heterocycles. The molecule has 0 spiro atoms. The maximum absolute atomic E-state index is 2.30. The zero-order valence-electron chi connectivity index (χ0n) is 24.4. The van der Waals surface area contributed by atoms with Crippen molar-refractivity contribution >= 4 is 45.5 Å². The third-order valence-electron chi connectivity index (χ3n) is 7.54. The Morgan fingerprint density at radius 2 is 0.619 bits per heavy atom. The van der Waals surface area contributed by atoms with Gasteiger partial charge in [-0.2, -0.15) is 0 Å². The summed E-state index contributed by atoms with van der Waals surface area (Å²) in [5, 5.41) is 0. The minimum absolute atomic E-state index is 1.12. The summed E-state index contributed by atoms with van der Waals surface area (Å²) in [7, 11) is 2.12. The number of nitrogens with zero attached hydrogens (tertiary/aromatic N) is 3. The summed E-state index contributed by atoms with van der Waals surface area (Å²) in [6, 6.07) is 55.9. The lowest BCUT2D eigenvalue weighted by Gasteiger charge is -2.28. The lowest BCUT2D eigenvalue weighted by molar-refractivity contribution is 1.19. The Bertz CT molecular complexity index is 1610. The van der Waals surface area contributed by atoms with Crippen LogP contribution in [0.2, 0.25) is 0 Å². The molecular formula is C39H35N3. The van der Waals surface area contributed by atoms with Gasteiger partial charge >= 0.3 is 0 Å². The third-order valence-corrected chi connectivity index (χ3v) is 7.54. The minimum atomic E-state index is 1.12. The van der Waals surface area contributed by atoms with Gasteiger partial charge in [0, 0.05) is 52.5 Å². The standard InChI is InChI=1S/C39H35N3/c1-30-12-10-18-38(28-30)41(34-14-6-4-7-15-34)36-24-20-32(21-25-36)40(3)33-22-26-37(27-23-33)42(35-16-8-5-9-17-35)39-19-11-13-31(2)29-39/h4-29H,1-3H3. The van der Waals surface area contributed by atoms with E-state index in [4.69, 9.17) is 0 Å². The minimum Gasteiger partial charge on any atom is -0.345 e. The van der Waals surface area contributed by atoms with Gasteiger partial charge in [0.15, 0.2) is 0 Å². The van der Waals surface area contributed by atoms with Gasteiger partial charge in [-0.3, -0.25) is 0 Å². The van der Waals surface area contributed by atoms with Gasteiger partial charge in [-0.15, -0.1) is 0 Å². The molecule has 6 aromatic rings. The average molecular weight is 546 g/mol. The molecule has 0 radical (unpaired) electrons. The molecule has 0 bridgehead atoms. The van der Waals surface area contributed by atoms with E-state index in [1.807, 2.05) is 0 Å². The van der Waals surface area contributed by atoms with Crippen LogP contribution < -0.4 is 14.7 Å². The van der Waals surface area contributed by atoms with Gasteiger partial charge in [0.25, 0.3) is 0 Å². The Labute approximate surface area is 249 Å². The first-order valence-electron chi connectivity index (χ1n) is 14.3. The van der Waals surface area contributed by atoms with Crippen LogP contribution in [-0.4, -0.2) is 7.05 Å². The molecule has 0 fully saturated rings. The van der Waals surface area contributed by atoms with Gasteiger partial charge < -0.3 is 14.7 Å². The van der Waals surface area contributed by atoms with Crippen molar-refractivity contribution in [3.63, 3.8) is 0 Å². The molecule has 6 aromatic carbocycles. The Balaban J connectivity index is 1.28. The highest BCUT2D eigenvalue weighted by Gasteiger charge is 2.15. The summed E-state index contributed by atoms with van der Waals surface area (Å²) >= 11 is 0. The molecule has 0 atom stereocenters. The summed E-state index contributed by atoms with van der Waals surface area (Å²) in [5.41, 5.74) is 11.5. The van der Waals surface area contributed by atoms with Crippen LogP contribution in [0.15, 0.2) is 158 Å². The van der Waals surface area contributed by atoms with Crippen LogP contribution >= 0.6 is 0 Å². The van der Waals surface area contributed by atoms with Gasteiger partial charge in [-0.1, -0.05) is 60.7 Å². The topological polar surface area (TPSA) is 9.72 Å². The maximum atomic E-state index is 2.30. The first-order chi connectivity index (χ1) is 20.6. The van der Waals surface area contributed by atoms with Gasteiger partial charge in [0.1, 0.15) is 0 Å². The van der Waals surface area contributed by atoms with E-state index >= 15 is 0 Å². The van der Waals surface area contributed by atoms with Gasteiger partial charge in [-0.05, 0) is 122 Å². The fourth-order valence-electron chi connectivity index (χ4n) is 5.38. The predicted molar refractivity (Wildman–Crippen MR) is 180 cm³/mol. The van der Waals surface area contributed by atoms with E-state index < -0.39 is 0 Å². The van der Waals surface area contributed by atoms with Crippen LogP contribution in [0, 0.1) is 13.8 Å². The summed E-state index contributed by atoms with van der Waals surface area (Å²) in [5.74, 6) is 0. The van der Waals surface area contributed by atoms with E-state index in [1.54, 1.807) is 0 Å². The average Bonchev–Trinajstić information content (AvgIpc) is 3.03. The van der Waals surface area contributed by atoms with E-state index in [9.17, 15) is 0 Å². The largest absolute Gasteiger partial charge is 0.345 e. The second-order valence-corrected chi connectivity index (χ2v) is 10.6. The van der Waals surface area contributed by atoms with Crippen LogP contribution in [-0.2, 0) is 0 Å². The van der Waals surface area contributed by atoms with Crippen LogP contribution in [0.3, 0.4) is 0 Å². The molecule has 206 valence electrons. The van der Waals surface area contributed by atoms with Crippen molar-refractivity contribution in [3.8, 4) is 0 Å². The molecule has 0 aliphatic heterocycles. The second kappa shape index (κ2) is 12.1. The highest BCUT2D eigenvalue weighted by molar-refractivity contribution is 5.80. The molecule has 0 amide bonds. The number of anilines is 8. The lowest BCUT2D eigenvalue weighted by Crippen LogP contribution is -2.13. The van der Waals surface area contributed by atoms with Crippen LogP contribution in [0.4, 0.5) is 45.5 Å². The molecule has 42 heavy (non-hydrogen) atoms. The van der Waals surface area contributed by atoms with Crippen molar-refractivity contribution in [3.05, 3.63) is 169 Å². The highest BCUT2D eigenvalue weighted by atomic mass is 15.2. The molecule has 0 unspecified atom stereocenters. The molecule has 0 saturated heterocycles. The Hall–Kier alpha value is -5.28. The molecule has 0 aliphatic rings. The second-order valence-electron chi connectivity index (χ2n) is 10.6. The monoisotopic (exact) mass is 545 g/mol. The van der Waals surface area contributed by atoms with E-state index in [1.165, 1.54) is 11.1 Å². The van der Waals surface area contributed by atoms with Crippen LogP contribution in [0.25, 0.3) is 0 Å². The third kappa shape index (κ3) is 5.77. The molecule has 0 aromatic heterocycles. The summed E-state index contributed by atoms with van der Waals surface area (Å²) < 4.78 is 0. The first-order valence-corrected chi connectivity index (χ1v) is 14.3. The predicted octanol–water partition coefficient (Wildman–Crippen LogP) is 11.0. The van der Waals surface area contributed by atoms with E-state index in [0.29, 0.717) is 0 Å². The highest BCUT2D eigenvalue weighted by Crippen LogP contribution is 2.38. The van der Waals surface area contributed by atoms with Crippen LogP contribution in [0.1, 0.15) is 11.1 Å². The summed E-state index contributed by atoms with van der Waals surface area (Å²) in [6.45, 7) is 4.27. The number of aryl methyl sites for hydroxylation is 2. The number of rotatable bonds is 8.